The first kappa shape index (κ1) is 16.0. The maximum Gasteiger partial charge on any atom is 0.249 e. The highest BCUT2D eigenvalue weighted by atomic mass is 32.2. The molecule has 1 fully saturated rings. The van der Waals surface area contributed by atoms with Gasteiger partial charge in [0.2, 0.25) is 15.9 Å². The Kier molecular flexibility index (Phi) is 5.38. The van der Waals surface area contributed by atoms with Gasteiger partial charge in [-0.1, -0.05) is 0 Å². The third-order valence-corrected chi connectivity index (χ3v) is 4.51. The van der Waals surface area contributed by atoms with E-state index in [0.29, 0.717) is 18.8 Å². The topological polar surface area (TPSA) is 88.9 Å². The summed E-state index contributed by atoms with van der Waals surface area (Å²) in [4.78, 5) is 11.8. The molecular formula is C13H20N2O5S. The summed E-state index contributed by atoms with van der Waals surface area (Å²) in [6.45, 7) is 1.19. The summed E-state index contributed by atoms with van der Waals surface area (Å²) in [7, 11) is -3.37. The lowest BCUT2D eigenvalue weighted by Crippen LogP contribution is -2.41. The fourth-order valence-corrected chi connectivity index (χ4v) is 2.93. The van der Waals surface area contributed by atoms with Crippen molar-refractivity contribution >= 4 is 15.9 Å². The predicted molar refractivity (Wildman–Crippen MR) is 75.9 cm³/mol. The monoisotopic (exact) mass is 316 g/mol. The first-order chi connectivity index (χ1) is 9.97. The summed E-state index contributed by atoms with van der Waals surface area (Å²) in [5.41, 5.74) is 0. The van der Waals surface area contributed by atoms with Crippen molar-refractivity contribution < 1.29 is 22.4 Å². The van der Waals surface area contributed by atoms with Crippen molar-refractivity contribution in [1.29, 1.82) is 0 Å². The molecule has 1 amide bonds. The zero-order valence-electron chi connectivity index (χ0n) is 11.9. The van der Waals surface area contributed by atoms with Gasteiger partial charge in [-0.15, -0.1) is 0 Å². The fourth-order valence-electron chi connectivity index (χ4n) is 2.14. The van der Waals surface area contributed by atoms with Crippen LogP contribution in [0.15, 0.2) is 22.8 Å². The molecular weight excluding hydrogens is 296 g/mol. The molecule has 1 atom stereocenters. The summed E-state index contributed by atoms with van der Waals surface area (Å²) in [5.74, 6) is 0.379. The number of rotatable bonds is 7. The van der Waals surface area contributed by atoms with Gasteiger partial charge in [-0.3, -0.25) is 4.79 Å². The van der Waals surface area contributed by atoms with Gasteiger partial charge in [-0.2, -0.15) is 4.31 Å². The molecule has 7 nitrogen and oxygen atoms in total. The van der Waals surface area contributed by atoms with Gasteiger partial charge in [0, 0.05) is 19.7 Å². The molecule has 21 heavy (non-hydrogen) atoms. The zero-order valence-corrected chi connectivity index (χ0v) is 12.8. The zero-order chi connectivity index (χ0) is 15.3. The lowest BCUT2D eigenvalue weighted by Gasteiger charge is -2.19. The van der Waals surface area contributed by atoms with E-state index < -0.39 is 16.1 Å². The Morgan fingerprint density at radius 2 is 2.33 bits per heavy atom. The third kappa shape index (κ3) is 4.83. The summed E-state index contributed by atoms with van der Waals surface area (Å²) >= 11 is 0. The highest BCUT2D eigenvalue weighted by molar-refractivity contribution is 7.88. The van der Waals surface area contributed by atoms with E-state index in [2.05, 4.69) is 5.32 Å². The highest BCUT2D eigenvalue weighted by Gasteiger charge is 2.24. The van der Waals surface area contributed by atoms with Crippen LogP contribution in [0.25, 0.3) is 0 Å². The van der Waals surface area contributed by atoms with E-state index in [1.54, 1.807) is 12.1 Å². The molecule has 2 rings (SSSR count). The predicted octanol–water partition coefficient (Wildman–Crippen LogP) is 0.336. The third-order valence-electron chi connectivity index (χ3n) is 3.26. The van der Waals surface area contributed by atoms with Crippen LogP contribution in [0.2, 0.25) is 0 Å². The van der Waals surface area contributed by atoms with Crippen LogP contribution < -0.4 is 5.32 Å². The SMILES string of the molecule is CS(=O)(=O)N(CCNC(=O)C1CCCO1)Cc1ccco1. The first-order valence-corrected chi connectivity index (χ1v) is 8.68. The maximum absolute atomic E-state index is 11.8. The number of sulfonamides is 1. The van der Waals surface area contributed by atoms with Gasteiger partial charge >= 0.3 is 0 Å². The smallest absolute Gasteiger partial charge is 0.249 e. The molecule has 1 aliphatic heterocycles. The Labute approximate surface area is 124 Å². The number of hydrogen-bond acceptors (Lipinski definition) is 5. The molecule has 0 bridgehead atoms. The van der Waals surface area contributed by atoms with E-state index in [1.165, 1.54) is 10.6 Å². The molecule has 118 valence electrons. The highest BCUT2D eigenvalue weighted by Crippen LogP contribution is 2.12. The van der Waals surface area contributed by atoms with E-state index in [4.69, 9.17) is 9.15 Å². The number of carbonyl (C=O) groups is 1. The largest absolute Gasteiger partial charge is 0.468 e. The van der Waals surface area contributed by atoms with Crippen LogP contribution in [-0.2, 0) is 26.1 Å². The maximum atomic E-state index is 11.8. The van der Waals surface area contributed by atoms with Crippen molar-refractivity contribution in [3.05, 3.63) is 24.2 Å². The molecule has 0 aromatic carbocycles. The van der Waals surface area contributed by atoms with Gasteiger partial charge in [-0.25, -0.2) is 8.42 Å². The normalized spacial score (nSPS) is 19.0. The molecule has 1 N–H and O–H groups in total. The second-order valence-electron chi connectivity index (χ2n) is 4.97. The second kappa shape index (κ2) is 7.06. The van der Waals surface area contributed by atoms with Crippen LogP contribution in [0, 0.1) is 0 Å². The Bertz CT molecular complexity index is 549. The molecule has 1 unspecified atom stereocenters. The molecule has 1 aromatic heterocycles. The standard InChI is InChI=1S/C13H20N2O5S/c1-21(17,18)15(10-11-4-2-8-19-11)7-6-14-13(16)12-5-3-9-20-12/h2,4,8,12H,3,5-7,9-10H2,1H3,(H,14,16). The van der Waals surface area contributed by atoms with Crippen molar-refractivity contribution in [2.45, 2.75) is 25.5 Å². The van der Waals surface area contributed by atoms with Crippen LogP contribution in [0.3, 0.4) is 0 Å². The summed E-state index contributed by atoms with van der Waals surface area (Å²) in [5, 5.41) is 2.71. The minimum Gasteiger partial charge on any atom is -0.468 e. The first-order valence-electron chi connectivity index (χ1n) is 6.83. The lowest BCUT2D eigenvalue weighted by molar-refractivity contribution is -0.130. The molecule has 0 saturated carbocycles. The number of furan rings is 1. The van der Waals surface area contributed by atoms with Gasteiger partial charge in [-0.05, 0) is 25.0 Å². The number of hydrogen-bond donors (Lipinski definition) is 1. The Morgan fingerprint density at radius 3 is 2.90 bits per heavy atom. The van der Waals surface area contributed by atoms with Crippen molar-refractivity contribution in [2.75, 3.05) is 26.0 Å². The molecule has 1 aliphatic rings. The van der Waals surface area contributed by atoms with E-state index >= 15 is 0 Å². The van der Waals surface area contributed by atoms with E-state index in [-0.39, 0.29) is 25.5 Å². The summed E-state index contributed by atoms with van der Waals surface area (Å²) < 4.78 is 35.2. The minimum absolute atomic E-state index is 0.154. The van der Waals surface area contributed by atoms with Gasteiger partial charge in [0.05, 0.1) is 19.1 Å². The van der Waals surface area contributed by atoms with Crippen LogP contribution in [-0.4, -0.2) is 50.7 Å². The minimum atomic E-state index is -3.37. The average Bonchev–Trinajstić information content (AvgIpc) is 3.09. The fraction of sp³-hybridized carbons (Fsp3) is 0.615. The molecule has 8 heteroatoms. The van der Waals surface area contributed by atoms with Crippen molar-refractivity contribution in [3.63, 3.8) is 0 Å². The summed E-state index contributed by atoms with van der Waals surface area (Å²) in [6, 6.07) is 3.41. The Hall–Kier alpha value is -1.38. The number of nitrogens with zero attached hydrogens (tertiary/aromatic N) is 1. The van der Waals surface area contributed by atoms with Crippen LogP contribution in [0.4, 0.5) is 0 Å². The molecule has 1 aromatic rings. The number of nitrogens with one attached hydrogen (secondary N) is 1. The van der Waals surface area contributed by atoms with Gasteiger partial charge in [0.1, 0.15) is 11.9 Å². The van der Waals surface area contributed by atoms with Crippen molar-refractivity contribution in [1.82, 2.24) is 9.62 Å². The lowest BCUT2D eigenvalue weighted by atomic mass is 10.2. The van der Waals surface area contributed by atoms with Gasteiger partial charge in [0.15, 0.2) is 0 Å². The van der Waals surface area contributed by atoms with Crippen LogP contribution in [0.1, 0.15) is 18.6 Å². The van der Waals surface area contributed by atoms with Crippen LogP contribution >= 0.6 is 0 Å². The van der Waals surface area contributed by atoms with Crippen LogP contribution in [0.5, 0.6) is 0 Å². The number of carbonyl (C=O) groups excluding carboxylic acids is 1. The quantitative estimate of drug-likeness (QED) is 0.783. The molecule has 1 saturated heterocycles. The molecule has 0 spiro atoms. The van der Waals surface area contributed by atoms with E-state index in [1.807, 2.05) is 0 Å². The van der Waals surface area contributed by atoms with Crippen molar-refractivity contribution in [2.24, 2.45) is 0 Å². The molecule has 0 radical (unpaired) electrons. The van der Waals surface area contributed by atoms with Gasteiger partial charge in [0.25, 0.3) is 0 Å². The van der Waals surface area contributed by atoms with Gasteiger partial charge < -0.3 is 14.5 Å². The molecule has 0 aliphatic carbocycles. The Balaban J connectivity index is 1.83. The molecule has 2 heterocycles. The van der Waals surface area contributed by atoms with Crippen molar-refractivity contribution in [3.8, 4) is 0 Å². The summed E-state index contributed by atoms with van der Waals surface area (Å²) in [6.07, 6.45) is 3.83. The van der Waals surface area contributed by atoms with E-state index in [0.717, 1.165) is 12.7 Å². The Morgan fingerprint density at radius 1 is 1.52 bits per heavy atom. The number of amides is 1. The average molecular weight is 316 g/mol. The van der Waals surface area contributed by atoms with E-state index in [9.17, 15) is 13.2 Å². The number of ether oxygens (including phenoxy) is 1. The second-order valence-corrected chi connectivity index (χ2v) is 6.95.